The van der Waals surface area contributed by atoms with E-state index in [1.165, 1.54) is 17.0 Å². The SMILES string of the molecule is CCCCN(C(=O)C(CCC(N)=O)NC(=O)OC(C)(C)C)C(C(=O)NC1CCCCC1)c1ccc(O)cc1. The third-order valence-electron chi connectivity index (χ3n) is 6.42. The zero-order valence-corrected chi connectivity index (χ0v) is 23.1. The van der Waals surface area contributed by atoms with E-state index in [-0.39, 0.29) is 37.1 Å². The number of rotatable bonds is 12. The molecule has 1 aromatic rings. The third-order valence-corrected chi connectivity index (χ3v) is 6.42. The van der Waals surface area contributed by atoms with E-state index in [2.05, 4.69) is 10.6 Å². The monoisotopic (exact) mass is 532 g/mol. The molecule has 1 fully saturated rings. The van der Waals surface area contributed by atoms with Crippen LogP contribution in [0.2, 0.25) is 0 Å². The molecule has 5 N–H and O–H groups in total. The van der Waals surface area contributed by atoms with Crippen LogP contribution in [-0.2, 0) is 19.1 Å². The quantitative estimate of drug-likeness (QED) is 0.322. The molecule has 0 aromatic heterocycles. The molecule has 1 aliphatic rings. The number of aromatic hydroxyl groups is 1. The Morgan fingerprint density at radius 1 is 1.11 bits per heavy atom. The van der Waals surface area contributed by atoms with Crippen LogP contribution in [0.5, 0.6) is 5.75 Å². The van der Waals surface area contributed by atoms with Crippen LogP contribution in [0.25, 0.3) is 0 Å². The van der Waals surface area contributed by atoms with Crippen molar-refractivity contribution in [2.45, 2.75) is 109 Å². The third kappa shape index (κ3) is 10.2. The number of nitrogens with one attached hydrogen (secondary N) is 2. The minimum Gasteiger partial charge on any atom is -0.508 e. The topological polar surface area (TPSA) is 151 Å². The molecule has 1 aliphatic carbocycles. The summed E-state index contributed by atoms with van der Waals surface area (Å²) in [6, 6.07) is 4.08. The van der Waals surface area contributed by atoms with Crippen molar-refractivity contribution in [1.82, 2.24) is 15.5 Å². The predicted octanol–water partition coefficient (Wildman–Crippen LogP) is 3.67. The molecule has 0 aliphatic heterocycles. The van der Waals surface area contributed by atoms with Gasteiger partial charge in [0.2, 0.25) is 17.7 Å². The lowest BCUT2D eigenvalue weighted by Crippen LogP contribution is -2.54. The van der Waals surface area contributed by atoms with Crippen LogP contribution in [0, 0.1) is 0 Å². The highest BCUT2D eigenvalue weighted by Crippen LogP contribution is 2.27. The minimum absolute atomic E-state index is 0.0181. The van der Waals surface area contributed by atoms with Gasteiger partial charge in [0, 0.05) is 19.0 Å². The van der Waals surface area contributed by atoms with Crippen molar-refractivity contribution in [3.05, 3.63) is 29.8 Å². The lowest BCUT2D eigenvalue weighted by atomic mass is 9.94. The number of benzene rings is 1. The molecule has 2 rings (SSSR count). The average molecular weight is 533 g/mol. The molecule has 0 saturated heterocycles. The van der Waals surface area contributed by atoms with Gasteiger partial charge in [0.15, 0.2) is 0 Å². The smallest absolute Gasteiger partial charge is 0.408 e. The number of phenolic OH excluding ortho intramolecular Hbond substituents is 1. The Morgan fingerprint density at radius 3 is 2.29 bits per heavy atom. The zero-order valence-electron chi connectivity index (χ0n) is 23.1. The number of carbonyl (C=O) groups is 4. The van der Waals surface area contributed by atoms with Crippen molar-refractivity contribution < 1.29 is 29.0 Å². The molecular formula is C28H44N4O6. The van der Waals surface area contributed by atoms with Gasteiger partial charge in [-0.1, -0.05) is 44.7 Å². The molecule has 0 bridgehead atoms. The molecule has 10 nitrogen and oxygen atoms in total. The first kappa shape index (κ1) is 30.9. The Kier molecular flexibility index (Phi) is 11.9. The lowest BCUT2D eigenvalue weighted by molar-refractivity contribution is -0.143. The van der Waals surface area contributed by atoms with Gasteiger partial charge in [-0.25, -0.2) is 4.79 Å². The van der Waals surface area contributed by atoms with E-state index >= 15 is 0 Å². The fourth-order valence-electron chi connectivity index (χ4n) is 4.55. The summed E-state index contributed by atoms with van der Waals surface area (Å²) < 4.78 is 5.35. The van der Waals surface area contributed by atoms with E-state index in [0.717, 1.165) is 38.5 Å². The van der Waals surface area contributed by atoms with Crippen molar-refractivity contribution in [3.63, 3.8) is 0 Å². The van der Waals surface area contributed by atoms with E-state index in [1.807, 2.05) is 6.92 Å². The van der Waals surface area contributed by atoms with Gasteiger partial charge >= 0.3 is 6.09 Å². The molecule has 0 radical (unpaired) electrons. The van der Waals surface area contributed by atoms with Crippen LogP contribution in [0.1, 0.15) is 97.1 Å². The van der Waals surface area contributed by atoms with Crippen LogP contribution in [-0.4, -0.2) is 58.1 Å². The molecule has 212 valence electrons. The second kappa shape index (κ2) is 14.6. The van der Waals surface area contributed by atoms with Crippen LogP contribution in [0.4, 0.5) is 4.79 Å². The summed E-state index contributed by atoms with van der Waals surface area (Å²) in [5, 5.41) is 15.6. The molecular weight excluding hydrogens is 488 g/mol. The Hall–Kier alpha value is -3.30. The highest BCUT2D eigenvalue weighted by Gasteiger charge is 2.37. The molecule has 4 amide bonds. The van der Waals surface area contributed by atoms with Gasteiger partial charge in [-0.3, -0.25) is 14.4 Å². The van der Waals surface area contributed by atoms with Crippen molar-refractivity contribution in [2.75, 3.05) is 6.54 Å². The Morgan fingerprint density at radius 2 is 1.74 bits per heavy atom. The van der Waals surface area contributed by atoms with E-state index in [1.54, 1.807) is 32.9 Å². The van der Waals surface area contributed by atoms with E-state index < -0.39 is 35.6 Å². The Labute approximate surface area is 225 Å². The zero-order chi connectivity index (χ0) is 28.3. The molecule has 0 spiro atoms. The number of nitrogens with two attached hydrogens (primary N) is 1. The summed E-state index contributed by atoms with van der Waals surface area (Å²) in [7, 11) is 0. The van der Waals surface area contributed by atoms with Crippen LogP contribution in [0.3, 0.4) is 0 Å². The first-order valence-corrected chi connectivity index (χ1v) is 13.6. The number of hydrogen-bond acceptors (Lipinski definition) is 6. The number of unbranched alkanes of at least 4 members (excludes halogenated alkanes) is 1. The van der Waals surface area contributed by atoms with Crippen molar-refractivity contribution >= 4 is 23.8 Å². The lowest BCUT2D eigenvalue weighted by Gasteiger charge is -2.35. The first-order valence-electron chi connectivity index (χ1n) is 13.6. The summed E-state index contributed by atoms with van der Waals surface area (Å²) in [5.74, 6) is -1.41. The molecule has 2 unspecified atom stereocenters. The van der Waals surface area contributed by atoms with Gasteiger partial charge in [0.25, 0.3) is 0 Å². The first-order chi connectivity index (χ1) is 17.9. The van der Waals surface area contributed by atoms with Gasteiger partial charge in [-0.15, -0.1) is 0 Å². The standard InChI is InChI=1S/C28H44N4O6/c1-5-6-18-32(26(36)22(16-17-23(29)34)31-27(37)38-28(2,3)4)24(19-12-14-21(33)15-13-19)25(35)30-20-10-8-7-9-11-20/h12-15,20,22,24,33H,5-11,16-18H2,1-4H3,(H2,29,34)(H,30,35)(H,31,37). The molecule has 2 atom stereocenters. The summed E-state index contributed by atoms with van der Waals surface area (Å²) in [5.41, 5.74) is 5.09. The van der Waals surface area contributed by atoms with E-state index in [4.69, 9.17) is 10.5 Å². The number of nitrogens with zero attached hydrogens (tertiary/aromatic N) is 1. The number of alkyl carbamates (subject to hydrolysis) is 1. The number of primary amides is 1. The van der Waals surface area contributed by atoms with Crippen molar-refractivity contribution in [2.24, 2.45) is 5.73 Å². The molecule has 1 saturated carbocycles. The van der Waals surface area contributed by atoms with Crippen LogP contribution in [0.15, 0.2) is 24.3 Å². The fourth-order valence-corrected chi connectivity index (χ4v) is 4.55. The normalized spacial score (nSPS) is 15.7. The molecule has 1 aromatic carbocycles. The molecule has 10 heteroatoms. The minimum atomic E-state index is -1.13. The molecule has 0 heterocycles. The van der Waals surface area contributed by atoms with Gasteiger partial charge in [-0.05, 0) is 64.2 Å². The molecule has 38 heavy (non-hydrogen) atoms. The second-order valence-electron chi connectivity index (χ2n) is 10.9. The largest absolute Gasteiger partial charge is 0.508 e. The summed E-state index contributed by atoms with van der Waals surface area (Å²) >= 11 is 0. The maximum atomic E-state index is 14.0. The van der Waals surface area contributed by atoms with Gasteiger partial charge in [0.05, 0.1) is 0 Å². The summed E-state index contributed by atoms with van der Waals surface area (Å²) in [4.78, 5) is 53.4. The number of ether oxygens (including phenoxy) is 1. The average Bonchev–Trinajstić information content (AvgIpc) is 2.84. The van der Waals surface area contributed by atoms with Gasteiger partial charge in [0.1, 0.15) is 23.4 Å². The predicted molar refractivity (Wildman–Crippen MR) is 144 cm³/mol. The van der Waals surface area contributed by atoms with E-state index in [9.17, 15) is 24.3 Å². The number of amides is 4. The highest BCUT2D eigenvalue weighted by molar-refractivity contribution is 5.92. The maximum Gasteiger partial charge on any atom is 0.408 e. The maximum absolute atomic E-state index is 14.0. The Bertz CT molecular complexity index is 938. The van der Waals surface area contributed by atoms with Crippen molar-refractivity contribution in [1.29, 1.82) is 0 Å². The number of phenols is 1. The van der Waals surface area contributed by atoms with E-state index in [0.29, 0.717) is 12.0 Å². The number of carbonyl (C=O) groups excluding carboxylic acids is 4. The fraction of sp³-hybridized carbons (Fsp3) is 0.643. The summed E-state index contributed by atoms with van der Waals surface area (Å²) in [6.07, 6.45) is 5.35. The highest BCUT2D eigenvalue weighted by atomic mass is 16.6. The van der Waals surface area contributed by atoms with Crippen LogP contribution >= 0.6 is 0 Å². The second-order valence-corrected chi connectivity index (χ2v) is 10.9. The number of hydrogen-bond donors (Lipinski definition) is 4. The van der Waals surface area contributed by atoms with Crippen LogP contribution < -0.4 is 16.4 Å². The van der Waals surface area contributed by atoms with Crippen molar-refractivity contribution in [3.8, 4) is 5.75 Å². The summed E-state index contributed by atoms with van der Waals surface area (Å²) in [6.45, 7) is 7.34. The van der Waals surface area contributed by atoms with Gasteiger partial charge < -0.3 is 31.1 Å². The Balaban J connectivity index is 2.44. The van der Waals surface area contributed by atoms with Gasteiger partial charge in [-0.2, -0.15) is 0 Å².